The van der Waals surface area contributed by atoms with Gasteiger partial charge in [0.25, 0.3) is 11.8 Å². The zero-order chi connectivity index (χ0) is 21.0. The molecular formula is C22H22N2O5. The maximum Gasteiger partial charge on any atom is 0.311 e. The molecule has 2 amide bonds. The third-order valence-corrected chi connectivity index (χ3v) is 4.62. The number of rotatable bonds is 5. The van der Waals surface area contributed by atoms with Crippen molar-refractivity contribution >= 4 is 28.8 Å². The lowest BCUT2D eigenvalue weighted by Crippen LogP contribution is -2.46. The molecule has 150 valence electrons. The zero-order valence-electron chi connectivity index (χ0n) is 16.4. The third-order valence-electron chi connectivity index (χ3n) is 4.62. The molecule has 1 heterocycles. The normalized spacial score (nSPS) is 11.7. The fourth-order valence-corrected chi connectivity index (χ4v) is 2.80. The number of amides is 2. The summed E-state index contributed by atoms with van der Waals surface area (Å²) in [6, 6.07) is 12.3. The number of nitrogens with one attached hydrogen (secondary N) is 2. The number of hydrogen-bond acceptors (Lipinski definition) is 5. The van der Waals surface area contributed by atoms with E-state index < -0.39 is 23.9 Å². The van der Waals surface area contributed by atoms with Gasteiger partial charge in [-0.1, -0.05) is 18.2 Å². The third kappa shape index (κ3) is 4.82. The Morgan fingerprint density at radius 2 is 1.72 bits per heavy atom. The molecule has 0 saturated heterocycles. The summed E-state index contributed by atoms with van der Waals surface area (Å²) >= 11 is 0. The number of ether oxygens (including phenoxy) is 1. The average Bonchev–Trinajstić information content (AvgIpc) is 3.08. The van der Waals surface area contributed by atoms with Crippen LogP contribution in [0.3, 0.4) is 0 Å². The Kier molecular flexibility index (Phi) is 5.97. The summed E-state index contributed by atoms with van der Waals surface area (Å²) in [6.07, 6.45) is 0.430. The highest BCUT2D eigenvalue weighted by Crippen LogP contribution is 2.25. The standard InChI is InChI=1S/C22H22N2O5/c1-13-9-18-17(12-28-19(18)10-14(13)2)11-20(25)29-15(3)21(26)23-24-22(27)16-7-5-4-6-8-16/h4-10,12,15H,11H2,1-3H3,(H,23,26)(H,24,27)/t15-/m0/s1. The van der Waals surface area contributed by atoms with E-state index in [1.54, 1.807) is 30.3 Å². The van der Waals surface area contributed by atoms with Crippen LogP contribution in [0.15, 0.2) is 53.1 Å². The van der Waals surface area contributed by atoms with Gasteiger partial charge in [-0.3, -0.25) is 25.2 Å². The van der Waals surface area contributed by atoms with Crippen molar-refractivity contribution in [3.63, 3.8) is 0 Å². The molecule has 0 aliphatic heterocycles. The van der Waals surface area contributed by atoms with E-state index in [1.165, 1.54) is 13.2 Å². The molecule has 2 N–H and O–H groups in total. The topological polar surface area (TPSA) is 97.6 Å². The summed E-state index contributed by atoms with van der Waals surface area (Å²) < 4.78 is 10.7. The van der Waals surface area contributed by atoms with E-state index >= 15 is 0 Å². The van der Waals surface area contributed by atoms with Crippen LogP contribution in [0.4, 0.5) is 0 Å². The van der Waals surface area contributed by atoms with Gasteiger partial charge in [0.1, 0.15) is 5.58 Å². The lowest BCUT2D eigenvalue weighted by molar-refractivity contribution is -0.154. The number of aryl methyl sites for hydroxylation is 2. The summed E-state index contributed by atoms with van der Waals surface area (Å²) in [5, 5.41) is 0.845. The summed E-state index contributed by atoms with van der Waals surface area (Å²) in [7, 11) is 0. The van der Waals surface area contributed by atoms with Crippen molar-refractivity contribution in [2.75, 3.05) is 0 Å². The molecule has 1 aromatic heterocycles. The molecule has 2 aromatic carbocycles. The van der Waals surface area contributed by atoms with Crippen molar-refractivity contribution in [3.05, 3.63) is 71.0 Å². The number of esters is 1. The number of carbonyl (C=O) groups excluding carboxylic acids is 3. The second-order valence-electron chi connectivity index (χ2n) is 6.81. The molecule has 0 saturated carbocycles. The summed E-state index contributed by atoms with van der Waals surface area (Å²) in [5.41, 5.74) is 8.53. The molecule has 0 unspecified atom stereocenters. The fourth-order valence-electron chi connectivity index (χ4n) is 2.80. The number of furan rings is 1. The first kappa shape index (κ1) is 20.1. The van der Waals surface area contributed by atoms with Gasteiger partial charge in [-0.05, 0) is 56.2 Å². The van der Waals surface area contributed by atoms with Crippen molar-refractivity contribution in [2.45, 2.75) is 33.3 Å². The highest BCUT2D eigenvalue weighted by molar-refractivity contribution is 5.96. The first-order chi connectivity index (χ1) is 13.8. The van der Waals surface area contributed by atoms with Crippen molar-refractivity contribution in [2.24, 2.45) is 0 Å². The predicted molar refractivity (Wildman–Crippen MR) is 107 cm³/mol. The van der Waals surface area contributed by atoms with Crippen LogP contribution >= 0.6 is 0 Å². The zero-order valence-corrected chi connectivity index (χ0v) is 16.4. The van der Waals surface area contributed by atoms with Gasteiger partial charge in [-0.15, -0.1) is 0 Å². The number of hydrazine groups is 1. The second-order valence-corrected chi connectivity index (χ2v) is 6.81. The molecule has 0 spiro atoms. The van der Waals surface area contributed by atoms with E-state index in [2.05, 4.69) is 10.9 Å². The van der Waals surface area contributed by atoms with E-state index in [0.717, 1.165) is 16.5 Å². The molecule has 3 aromatic rings. The predicted octanol–water partition coefficient (Wildman–Crippen LogP) is 2.99. The van der Waals surface area contributed by atoms with E-state index in [9.17, 15) is 14.4 Å². The van der Waals surface area contributed by atoms with Crippen LogP contribution in [-0.4, -0.2) is 23.9 Å². The number of carbonyl (C=O) groups is 3. The van der Waals surface area contributed by atoms with Gasteiger partial charge in [0.15, 0.2) is 6.10 Å². The first-order valence-electron chi connectivity index (χ1n) is 9.17. The summed E-state index contributed by atoms with van der Waals surface area (Å²) in [5.74, 6) is -1.66. The molecular weight excluding hydrogens is 372 g/mol. The van der Waals surface area contributed by atoms with E-state index in [0.29, 0.717) is 16.7 Å². The van der Waals surface area contributed by atoms with Gasteiger partial charge in [0, 0.05) is 16.5 Å². The van der Waals surface area contributed by atoms with Crippen LogP contribution in [0, 0.1) is 13.8 Å². The molecule has 0 fully saturated rings. The van der Waals surface area contributed by atoms with Crippen LogP contribution in [0.2, 0.25) is 0 Å². The van der Waals surface area contributed by atoms with E-state index in [4.69, 9.17) is 9.15 Å². The first-order valence-corrected chi connectivity index (χ1v) is 9.17. The van der Waals surface area contributed by atoms with Crippen molar-refractivity contribution in [1.82, 2.24) is 10.9 Å². The van der Waals surface area contributed by atoms with Crippen LogP contribution < -0.4 is 10.9 Å². The summed E-state index contributed by atoms with van der Waals surface area (Å²) in [6.45, 7) is 5.41. The van der Waals surface area contributed by atoms with E-state index in [-0.39, 0.29) is 6.42 Å². The van der Waals surface area contributed by atoms with Crippen molar-refractivity contribution in [3.8, 4) is 0 Å². The molecule has 3 rings (SSSR count). The summed E-state index contributed by atoms with van der Waals surface area (Å²) in [4.78, 5) is 36.3. The van der Waals surface area contributed by atoms with Crippen molar-refractivity contribution < 1.29 is 23.5 Å². The van der Waals surface area contributed by atoms with Gasteiger partial charge in [0.2, 0.25) is 0 Å². The molecule has 7 heteroatoms. The molecule has 7 nitrogen and oxygen atoms in total. The second kappa shape index (κ2) is 8.60. The molecule has 0 aliphatic rings. The fraction of sp³-hybridized carbons (Fsp3) is 0.227. The Balaban J connectivity index is 1.54. The number of benzene rings is 2. The minimum Gasteiger partial charge on any atom is -0.464 e. The van der Waals surface area contributed by atoms with Gasteiger partial charge in [-0.2, -0.15) is 0 Å². The van der Waals surface area contributed by atoms with Crippen LogP contribution in [0.5, 0.6) is 0 Å². The van der Waals surface area contributed by atoms with Gasteiger partial charge >= 0.3 is 5.97 Å². The number of hydrogen-bond donors (Lipinski definition) is 2. The maximum atomic E-state index is 12.2. The Morgan fingerprint density at radius 1 is 1.03 bits per heavy atom. The van der Waals surface area contributed by atoms with E-state index in [1.807, 2.05) is 26.0 Å². The lowest BCUT2D eigenvalue weighted by atomic mass is 10.0. The molecule has 29 heavy (non-hydrogen) atoms. The Bertz CT molecular complexity index is 1060. The molecule has 1 atom stereocenters. The lowest BCUT2D eigenvalue weighted by Gasteiger charge is -2.14. The molecule has 0 bridgehead atoms. The van der Waals surface area contributed by atoms with Crippen LogP contribution in [-0.2, 0) is 20.7 Å². The SMILES string of the molecule is Cc1cc2occ(CC(=O)O[C@@H](C)C(=O)NNC(=O)c3ccccc3)c2cc1C. The van der Waals surface area contributed by atoms with Gasteiger partial charge < -0.3 is 9.15 Å². The highest BCUT2D eigenvalue weighted by Gasteiger charge is 2.20. The minimum absolute atomic E-state index is 0.0243. The van der Waals surface area contributed by atoms with Gasteiger partial charge in [0.05, 0.1) is 12.7 Å². The Morgan fingerprint density at radius 3 is 2.45 bits per heavy atom. The van der Waals surface area contributed by atoms with Crippen LogP contribution in [0.25, 0.3) is 11.0 Å². The maximum absolute atomic E-state index is 12.2. The Hall–Kier alpha value is -3.61. The largest absolute Gasteiger partial charge is 0.464 e. The average molecular weight is 394 g/mol. The van der Waals surface area contributed by atoms with Crippen LogP contribution in [0.1, 0.15) is 34.0 Å². The molecule has 0 aliphatic carbocycles. The monoisotopic (exact) mass is 394 g/mol. The van der Waals surface area contributed by atoms with Crippen molar-refractivity contribution in [1.29, 1.82) is 0 Å². The Labute approximate surface area is 168 Å². The quantitative estimate of drug-likeness (QED) is 0.512. The molecule has 0 radical (unpaired) electrons. The van der Waals surface area contributed by atoms with Gasteiger partial charge in [-0.25, -0.2) is 0 Å². The minimum atomic E-state index is -1.07. The highest BCUT2D eigenvalue weighted by atomic mass is 16.5. The smallest absolute Gasteiger partial charge is 0.311 e. The number of fused-ring (bicyclic) bond motifs is 1.